The van der Waals surface area contributed by atoms with Gasteiger partial charge in [0.15, 0.2) is 8.32 Å². The highest BCUT2D eigenvalue weighted by Gasteiger charge is 2.51. The molecule has 0 amide bonds. The number of hydrogen-bond acceptors (Lipinski definition) is 4. The summed E-state index contributed by atoms with van der Waals surface area (Å²) in [6.45, 7) is 14.6. The number of alkyl halides is 3. The van der Waals surface area contributed by atoms with Crippen LogP contribution in [0.1, 0.15) is 58.7 Å². The zero-order valence-electron chi connectivity index (χ0n) is 19.1. The van der Waals surface area contributed by atoms with E-state index in [1.165, 1.54) is 12.1 Å². The van der Waals surface area contributed by atoms with Crippen molar-refractivity contribution >= 4 is 19.3 Å². The van der Waals surface area contributed by atoms with Crippen molar-refractivity contribution in [2.75, 3.05) is 0 Å². The van der Waals surface area contributed by atoms with E-state index >= 15 is 0 Å². The summed E-state index contributed by atoms with van der Waals surface area (Å²) >= 11 is 0. The molecule has 0 aliphatic carbocycles. The maximum atomic E-state index is 13.0. The van der Waals surface area contributed by atoms with Gasteiger partial charge in [-0.05, 0) is 56.6 Å². The van der Waals surface area contributed by atoms with E-state index in [1.807, 2.05) is 46.0 Å². The molecule has 0 saturated carbocycles. The topological polar surface area (TPSA) is 85.9 Å². The first-order valence-corrected chi connectivity index (χ1v) is 13.7. The van der Waals surface area contributed by atoms with E-state index in [2.05, 4.69) is 4.72 Å². The Morgan fingerprint density at radius 1 is 1.00 bits per heavy atom. The zero-order chi connectivity index (χ0) is 24.5. The molecule has 0 heterocycles. The summed E-state index contributed by atoms with van der Waals surface area (Å²) in [5, 5.41) is 19.7. The third-order valence-corrected chi connectivity index (χ3v) is 11.3. The largest absolute Gasteiger partial charge is 0.416 e. The average molecular weight is 474 g/mol. The van der Waals surface area contributed by atoms with Crippen molar-refractivity contribution in [3.05, 3.63) is 35.4 Å². The SMILES string of the molecule is CC(C)(C)S(=O)N[C@@H](c1ccc(C(F)(F)F)cc1)C(C#N)(C#N)O[Si](C)(C)C(C)(C)C. The van der Waals surface area contributed by atoms with Gasteiger partial charge in [-0.3, -0.25) is 0 Å². The number of nitriles is 2. The second-order valence-corrected chi connectivity index (χ2v) is 16.6. The van der Waals surface area contributed by atoms with Gasteiger partial charge in [0.05, 0.1) is 21.3 Å². The molecule has 0 fully saturated rings. The first-order chi connectivity index (χ1) is 13.8. The number of nitrogens with zero attached hydrogens (tertiary/aromatic N) is 2. The standard InChI is InChI=1S/C21H30F3N3O2SSi/c1-18(2,3)30(28)27-17(15-9-11-16(12-10-15)21(22,23)24)20(13-25,14-26)29-31(7,8)19(4,5)6/h9-12,17,27H,1-8H3/t17-,30?/m0/s1. The van der Waals surface area contributed by atoms with Crippen molar-refractivity contribution in [3.63, 3.8) is 0 Å². The average Bonchev–Trinajstić information content (AvgIpc) is 2.62. The van der Waals surface area contributed by atoms with Gasteiger partial charge in [-0.15, -0.1) is 0 Å². The molecule has 0 radical (unpaired) electrons. The quantitative estimate of drug-likeness (QED) is 0.545. The fraction of sp³-hybridized carbons (Fsp3) is 0.619. The van der Waals surface area contributed by atoms with Crippen LogP contribution in [0.4, 0.5) is 13.2 Å². The smallest absolute Gasteiger partial charge is 0.387 e. The van der Waals surface area contributed by atoms with Crippen LogP contribution in [0.5, 0.6) is 0 Å². The van der Waals surface area contributed by atoms with Gasteiger partial charge in [0, 0.05) is 0 Å². The van der Waals surface area contributed by atoms with Crippen LogP contribution < -0.4 is 4.72 Å². The lowest BCUT2D eigenvalue weighted by Crippen LogP contribution is -2.55. The minimum absolute atomic E-state index is 0.201. The minimum atomic E-state index is -4.53. The molecule has 172 valence electrons. The number of nitrogens with one attached hydrogen (secondary N) is 1. The Morgan fingerprint density at radius 2 is 1.45 bits per heavy atom. The van der Waals surface area contributed by atoms with Crippen molar-refractivity contribution < 1.29 is 21.8 Å². The Bertz CT molecular complexity index is 875. The lowest BCUT2D eigenvalue weighted by atomic mass is 9.91. The minimum Gasteiger partial charge on any atom is -0.387 e. The molecular weight excluding hydrogens is 443 g/mol. The van der Waals surface area contributed by atoms with Crippen LogP contribution in [0.2, 0.25) is 18.1 Å². The Hall–Kier alpha value is -1.72. The van der Waals surface area contributed by atoms with Crippen LogP contribution in [0.3, 0.4) is 0 Å². The van der Waals surface area contributed by atoms with Crippen LogP contribution >= 0.6 is 0 Å². The number of halogens is 3. The third-order valence-electron chi connectivity index (χ3n) is 5.31. The monoisotopic (exact) mass is 473 g/mol. The Kier molecular flexibility index (Phi) is 7.95. The highest BCUT2D eigenvalue weighted by molar-refractivity contribution is 7.84. The van der Waals surface area contributed by atoms with Crippen LogP contribution in [-0.4, -0.2) is 22.9 Å². The van der Waals surface area contributed by atoms with Crippen molar-refractivity contribution in [2.24, 2.45) is 0 Å². The summed E-state index contributed by atoms with van der Waals surface area (Å²) in [6, 6.07) is 6.72. The molecule has 0 aromatic heterocycles. The number of rotatable bonds is 6. The molecule has 0 spiro atoms. The van der Waals surface area contributed by atoms with Gasteiger partial charge >= 0.3 is 6.18 Å². The van der Waals surface area contributed by atoms with Gasteiger partial charge in [-0.2, -0.15) is 23.7 Å². The maximum Gasteiger partial charge on any atom is 0.416 e. The summed E-state index contributed by atoms with van der Waals surface area (Å²) in [6.07, 6.45) is -4.53. The highest BCUT2D eigenvalue weighted by Crippen LogP contribution is 2.42. The van der Waals surface area contributed by atoms with Gasteiger partial charge in [0.2, 0.25) is 0 Å². The Morgan fingerprint density at radius 3 is 1.77 bits per heavy atom. The van der Waals surface area contributed by atoms with Crippen LogP contribution in [0.15, 0.2) is 24.3 Å². The van der Waals surface area contributed by atoms with Crippen LogP contribution in [-0.2, 0) is 21.6 Å². The Labute approximate surface area is 186 Å². The molecule has 0 aliphatic rings. The molecule has 0 bridgehead atoms. The van der Waals surface area contributed by atoms with Crippen LogP contribution in [0.25, 0.3) is 0 Å². The fourth-order valence-corrected chi connectivity index (χ4v) is 4.54. The molecule has 0 aliphatic heterocycles. The molecule has 2 atom stereocenters. The molecule has 1 aromatic rings. The second-order valence-electron chi connectivity index (χ2n) is 9.87. The van der Waals surface area contributed by atoms with E-state index < -0.39 is 47.4 Å². The second kappa shape index (κ2) is 9.03. The third kappa shape index (κ3) is 6.39. The highest BCUT2D eigenvalue weighted by atomic mass is 32.2. The van der Waals surface area contributed by atoms with Crippen molar-refractivity contribution in [3.8, 4) is 12.1 Å². The van der Waals surface area contributed by atoms with E-state index in [-0.39, 0.29) is 10.6 Å². The molecule has 10 heteroatoms. The number of benzene rings is 1. The maximum absolute atomic E-state index is 13.0. The molecule has 1 rings (SSSR count). The summed E-state index contributed by atoms with van der Waals surface area (Å²) < 4.78 is 60.2. The summed E-state index contributed by atoms with van der Waals surface area (Å²) in [7, 11) is -4.41. The van der Waals surface area contributed by atoms with Crippen molar-refractivity contribution in [1.82, 2.24) is 4.72 Å². The summed E-state index contributed by atoms with van der Waals surface area (Å²) in [4.78, 5) is 0. The predicted molar refractivity (Wildman–Crippen MR) is 117 cm³/mol. The first kappa shape index (κ1) is 27.3. The van der Waals surface area contributed by atoms with Crippen LogP contribution in [0, 0.1) is 22.7 Å². The van der Waals surface area contributed by atoms with Gasteiger partial charge in [-0.1, -0.05) is 32.9 Å². The molecule has 5 nitrogen and oxygen atoms in total. The molecule has 1 N–H and O–H groups in total. The predicted octanol–water partition coefficient (Wildman–Crippen LogP) is 5.61. The first-order valence-electron chi connectivity index (χ1n) is 9.68. The normalized spacial score (nSPS) is 15.6. The summed E-state index contributed by atoms with van der Waals surface area (Å²) in [5.74, 6) is 0. The number of hydrogen-bond donors (Lipinski definition) is 1. The molecule has 0 saturated heterocycles. The van der Waals surface area contributed by atoms with E-state index in [4.69, 9.17) is 4.43 Å². The molecule has 31 heavy (non-hydrogen) atoms. The van der Waals surface area contributed by atoms with E-state index in [1.54, 1.807) is 20.8 Å². The molecule has 1 aromatic carbocycles. The lowest BCUT2D eigenvalue weighted by Gasteiger charge is -2.43. The van der Waals surface area contributed by atoms with E-state index in [9.17, 15) is 27.9 Å². The van der Waals surface area contributed by atoms with E-state index in [0.29, 0.717) is 0 Å². The van der Waals surface area contributed by atoms with E-state index in [0.717, 1.165) is 12.1 Å². The summed E-state index contributed by atoms with van der Waals surface area (Å²) in [5.41, 5.74) is -2.76. The van der Waals surface area contributed by atoms with Gasteiger partial charge in [-0.25, -0.2) is 8.93 Å². The molecule has 1 unspecified atom stereocenters. The Balaban J connectivity index is 3.65. The molecular formula is C21H30F3N3O2SSi. The van der Waals surface area contributed by atoms with Gasteiger partial charge < -0.3 is 4.43 Å². The fourth-order valence-electron chi connectivity index (χ4n) is 2.35. The van der Waals surface area contributed by atoms with Gasteiger partial charge in [0.25, 0.3) is 5.60 Å². The lowest BCUT2D eigenvalue weighted by molar-refractivity contribution is -0.137. The van der Waals surface area contributed by atoms with Gasteiger partial charge in [0.1, 0.15) is 18.2 Å². The van der Waals surface area contributed by atoms with Crippen molar-refractivity contribution in [2.45, 2.75) is 82.2 Å². The zero-order valence-corrected chi connectivity index (χ0v) is 21.0. The van der Waals surface area contributed by atoms with Crippen molar-refractivity contribution in [1.29, 1.82) is 10.5 Å².